The maximum Gasteiger partial charge on any atom is 0.171 e. The summed E-state index contributed by atoms with van der Waals surface area (Å²) >= 11 is 5.64. The van der Waals surface area contributed by atoms with E-state index in [4.69, 9.17) is 17.0 Å². The van der Waals surface area contributed by atoms with E-state index < -0.39 is 0 Å². The zero-order valence-corrected chi connectivity index (χ0v) is 16.7. The van der Waals surface area contributed by atoms with Crippen LogP contribution in [0.3, 0.4) is 0 Å². The van der Waals surface area contributed by atoms with Gasteiger partial charge in [-0.15, -0.1) is 0 Å². The average Bonchev–Trinajstić information content (AvgIpc) is 3.06. The lowest BCUT2D eigenvalue weighted by Crippen LogP contribution is -2.46. The molecule has 1 aliphatic rings. The molecule has 3 nitrogen and oxygen atoms in total. The molecule has 0 radical (unpaired) electrons. The Morgan fingerprint density at radius 1 is 1.04 bits per heavy atom. The molecule has 2 aromatic carbocycles. The summed E-state index contributed by atoms with van der Waals surface area (Å²) in [5, 5.41) is 7.64. The lowest BCUT2D eigenvalue weighted by molar-refractivity contribution is 0.242. The number of anilines is 1. The maximum atomic E-state index is 5.69. The number of hydrogen-bond donors (Lipinski definition) is 2. The Morgan fingerprint density at radius 3 is 2.31 bits per heavy atom. The van der Waals surface area contributed by atoms with Crippen molar-refractivity contribution in [1.82, 2.24) is 5.32 Å². The highest BCUT2D eigenvalue weighted by Crippen LogP contribution is 2.40. The van der Waals surface area contributed by atoms with Crippen molar-refractivity contribution < 1.29 is 4.74 Å². The molecule has 0 atom stereocenters. The molecule has 26 heavy (non-hydrogen) atoms. The summed E-state index contributed by atoms with van der Waals surface area (Å²) in [5.74, 6) is 0.872. The van der Waals surface area contributed by atoms with Gasteiger partial charge in [-0.25, -0.2) is 0 Å². The van der Waals surface area contributed by atoms with Gasteiger partial charge in [0.2, 0.25) is 0 Å². The van der Waals surface area contributed by atoms with Gasteiger partial charge in [-0.3, -0.25) is 0 Å². The van der Waals surface area contributed by atoms with Gasteiger partial charge in [-0.1, -0.05) is 37.1 Å². The summed E-state index contributed by atoms with van der Waals surface area (Å²) in [4.78, 5) is 0. The van der Waals surface area contributed by atoms with Crippen LogP contribution in [-0.4, -0.2) is 11.2 Å². The molecule has 2 aromatic rings. The highest BCUT2D eigenvalue weighted by atomic mass is 32.1. The first-order valence-corrected chi connectivity index (χ1v) is 9.81. The summed E-state index contributed by atoms with van der Waals surface area (Å²) in [6.45, 7) is 6.23. The van der Waals surface area contributed by atoms with Crippen molar-refractivity contribution >= 4 is 23.0 Å². The van der Waals surface area contributed by atoms with Gasteiger partial charge >= 0.3 is 0 Å². The lowest BCUT2D eigenvalue weighted by Gasteiger charge is -2.33. The van der Waals surface area contributed by atoms with Crippen LogP contribution in [0.2, 0.25) is 0 Å². The Bertz CT molecular complexity index is 749. The zero-order chi connectivity index (χ0) is 18.6. The van der Waals surface area contributed by atoms with E-state index in [0.29, 0.717) is 5.11 Å². The summed E-state index contributed by atoms with van der Waals surface area (Å²) in [7, 11) is 0. The minimum Gasteiger partial charge on any atom is -0.491 e. The van der Waals surface area contributed by atoms with E-state index in [1.807, 2.05) is 38.1 Å². The van der Waals surface area contributed by atoms with Gasteiger partial charge in [0, 0.05) is 5.69 Å². The number of benzene rings is 2. The van der Waals surface area contributed by atoms with Crippen molar-refractivity contribution in [2.24, 2.45) is 0 Å². The molecule has 1 saturated carbocycles. The first-order valence-electron chi connectivity index (χ1n) is 9.40. The third-order valence-electron chi connectivity index (χ3n) is 4.95. The molecular weight excluding hydrogens is 340 g/mol. The van der Waals surface area contributed by atoms with Crippen molar-refractivity contribution in [3.63, 3.8) is 0 Å². The minimum atomic E-state index is -0.0594. The fraction of sp³-hybridized carbons (Fsp3) is 0.409. The number of hydrogen-bond acceptors (Lipinski definition) is 2. The van der Waals surface area contributed by atoms with E-state index in [1.54, 1.807) is 0 Å². The molecule has 2 N–H and O–H groups in total. The van der Waals surface area contributed by atoms with Crippen molar-refractivity contribution in [2.75, 3.05) is 5.32 Å². The largest absolute Gasteiger partial charge is 0.491 e. The van der Waals surface area contributed by atoms with Gasteiger partial charge in [0.15, 0.2) is 5.11 Å². The van der Waals surface area contributed by atoms with Crippen LogP contribution in [0, 0.1) is 6.92 Å². The number of rotatable bonds is 5. The molecular formula is C22H28N2OS. The number of aryl methyl sites for hydroxylation is 1. The van der Waals surface area contributed by atoms with Gasteiger partial charge in [-0.2, -0.15) is 0 Å². The topological polar surface area (TPSA) is 33.3 Å². The fourth-order valence-electron chi connectivity index (χ4n) is 3.82. The molecule has 1 aliphatic carbocycles. The zero-order valence-electron chi connectivity index (χ0n) is 15.8. The summed E-state index contributed by atoms with van der Waals surface area (Å²) in [6.07, 6.45) is 4.85. The van der Waals surface area contributed by atoms with E-state index in [0.717, 1.165) is 24.3 Å². The molecule has 138 valence electrons. The van der Waals surface area contributed by atoms with Crippen LogP contribution in [0.1, 0.15) is 50.7 Å². The molecule has 0 aromatic heterocycles. The van der Waals surface area contributed by atoms with Gasteiger partial charge in [0.05, 0.1) is 11.6 Å². The minimum absolute atomic E-state index is 0.0594. The number of nitrogens with one attached hydrogen (secondary N) is 2. The van der Waals surface area contributed by atoms with Crippen LogP contribution in [0.25, 0.3) is 0 Å². The van der Waals surface area contributed by atoms with Crippen molar-refractivity contribution in [3.05, 3.63) is 59.7 Å². The van der Waals surface area contributed by atoms with Gasteiger partial charge in [0.1, 0.15) is 5.75 Å². The standard InChI is InChI=1S/C22H28N2OS/c1-16(2)25-19-12-10-18(11-13-19)23-21(26)24-22(14-6-7-15-22)20-9-5-4-8-17(20)3/h4-5,8-13,16H,6-7,14-15H2,1-3H3,(H2,23,24,26). The van der Waals surface area contributed by atoms with Crippen molar-refractivity contribution in [3.8, 4) is 5.75 Å². The van der Waals surface area contributed by atoms with Crippen LogP contribution in [0.4, 0.5) is 5.69 Å². The van der Waals surface area contributed by atoms with Crippen LogP contribution >= 0.6 is 12.2 Å². The Labute approximate surface area is 162 Å². The Kier molecular flexibility index (Phi) is 5.82. The second-order valence-corrected chi connectivity index (χ2v) is 7.78. The molecule has 0 amide bonds. The molecule has 0 unspecified atom stereocenters. The third-order valence-corrected chi connectivity index (χ3v) is 5.16. The van der Waals surface area contributed by atoms with E-state index in [-0.39, 0.29) is 11.6 Å². The Balaban J connectivity index is 1.70. The molecule has 0 bridgehead atoms. The highest BCUT2D eigenvalue weighted by molar-refractivity contribution is 7.80. The monoisotopic (exact) mass is 368 g/mol. The fourth-order valence-corrected chi connectivity index (χ4v) is 4.13. The molecule has 4 heteroatoms. The summed E-state index contributed by atoms with van der Waals surface area (Å²) in [6, 6.07) is 16.6. The molecule has 1 fully saturated rings. The highest BCUT2D eigenvalue weighted by Gasteiger charge is 2.37. The second-order valence-electron chi connectivity index (χ2n) is 7.37. The van der Waals surface area contributed by atoms with Crippen LogP contribution in [-0.2, 0) is 5.54 Å². The number of ether oxygens (including phenoxy) is 1. The second kappa shape index (κ2) is 8.09. The predicted molar refractivity (Wildman–Crippen MR) is 113 cm³/mol. The van der Waals surface area contributed by atoms with Crippen LogP contribution in [0.15, 0.2) is 48.5 Å². The first kappa shape index (κ1) is 18.7. The summed E-state index contributed by atoms with van der Waals surface area (Å²) in [5.41, 5.74) is 3.59. The number of thiocarbonyl (C=S) groups is 1. The Morgan fingerprint density at radius 2 is 1.69 bits per heavy atom. The van der Waals surface area contributed by atoms with E-state index in [9.17, 15) is 0 Å². The van der Waals surface area contributed by atoms with E-state index in [1.165, 1.54) is 24.0 Å². The smallest absolute Gasteiger partial charge is 0.171 e. The van der Waals surface area contributed by atoms with Crippen molar-refractivity contribution in [2.45, 2.75) is 58.1 Å². The molecule has 0 heterocycles. The maximum absolute atomic E-state index is 5.69. The van der Waals surface area contributed by atoms with E-state index in [2.05, 4.69) is 41.8 Å². The third kappa shape index (κ3) is 4.36. The predicted octanol–water partition coefficient (Wildman–Crippen LogP) is 5.54. The Hall–Kier alpha value is -2.07. The SMILES string of the molecule is Cc1ccccc1C1(NC(=S)Nc2ccc(OC(C)C)cc2)CCCC1. The first-order chi connectivity index (χ1) is 12.5. The lowest BCUT2D eigenvalue weighted by atomic mass is 9.85. The van der Waals surface area contributed by atoms with Crippen LogP contribution in [0.5, 0.6) is 5.75 Å². The molecule has 0 saturated heterocycles. The molecule has 0 spiro atoms. The van der Waals surface area contributed by atoms with Gasteiger partial charge in [0.25, 0.3) is 0 Å². The van der Waals surface area contributed by atoms with Gasteiger partial charge < -0.3 is 15.4 Å². The molecule has 3 rings (SSSR count). The summed E-state index contributed by atoms with van der Waals surface area (Å²) < 4.78 is 5.69. The normalized spacial score (nSPS) is 15.7. The average molecular weight is 369 g/mol. The molecule has 0 aliphatic heterocycles. The van der Waals surface area contributed by atoms with E-state index >= 15 is 0 Å². The quantitative estimate of drug-likeness (QED) is 0.679. The van der Waals surface area contributed by atoms with Gasteiger partial charge in [-0.05, 0) is 81.2 Å². The van der Waals surface area contributed by atoms with Crippen LogP contribution < -0.4 is 15.4 Å². The van der Waals surface area contributed by atoms with Crippen molar-refractivity contribution in [1.29, 1.82) is 0 Å².